The lowest BCUT2D eigenvalue weighted by atomic mass is 9.95. The maximum atomic E-state index is 12.6. The Balaban J connectivity index is 1.74. The van der Waals surface area contributed by atoms with Gasteiger partial charge in [-0.3, -0.25) is 4.79 Å². The van der Waals surface area contributed by atoms with Crippen LogP contribution in [0, 0.1) is 0 Å². The standard InChI is InChI=1S/C17H13NO2/c19-17(13-10-18-14-7-3-2-6-12(13)14)16-9-11-5-1-4-8-15(11)20-16/h1-9,13,18H,10H2. The Bertz CT molecular complexity index is 770. The van der Waals surface area contributed by atoms with Crippen LogP contribution in [0.25, 0.3) is 11.0 Å². The molecule has 4 rings (SSSR count). The highest BCUT2D eigenvalue weighted by Gasteiger charge is 2.30. The molecule has 0 aliphatic carbocycles. The summed E-state index contributed by atoms with van der Waals surface area (Å²) in [5, 5.41) is 4.24. The molecule has 20 heavy (non-hydrogen) atoms. The maximum absolute atomic E-state index is 12.6. The fourth-order valence-corrected chi connectivity index (χ4v) is 2.79. The molecule has 1 unspecified atom stereocenters. The van der Waals surface area contributed by atoms with Crippen molar-refractivity contribution in [3.05, 3.63) is 65.9 Å². The first-order chi connectivity index (χ1) is 9.83. The Morgan fingerprint density at radius 3 is 2.80 bits per heavy atom. The minimum absolute atomic E-state index is 0.0404. The van der Waals surface area contributed by atoms with Crippen molar-refractivity contribution in [3.63, 3.8) is 0 Å². The largest absolute Gasteiger partial charge is 0.453 e. The van der Waals surface area contributed by atoms with E-state index in [4.69, 9.17) is 4.42 Å². The van der Waals surface area contributed by atoms with Gasteiger partial charge in [0.15, 0.2) is 5.76 Å². The second-order valence-corrected chi connectivity index (χ2v) is 5.03. The number of furan rings is 1. The number of fused-ring (bicyclic) bond motifs is 2. The summed E-state index contributed by atoms with van der Waals surface area (Å²) in [5.41, 5.74) is 2.86. The van der Waals surface area contributed by atoms with Crippen molar-refractivity contribution >= 4 is 22.4 Å². The molecule has 0 saturated carbocycles. The van der Waals surface area contributed by atoms with Gasteiger partial charge in [-0.1, -0.05) is 36.4 Å². The molecule has 0 amide bonds. The van der Waals surface area contributed by atoms with Crippen LogP contribution in [0.3, 0.4) is 0 Å². The number of nitrogens with one attached hydrogen (secondary N) is 1. The third-order valence-electron chi connectivity index (χ3n) is 3.82. The first-order valence-corrected chi connectivity index (χ1v) is 6.68. The molecule has 1 atom stereocenters. The van der Waals surface area contributed by atoms with E-state index in [9.17, 15) is 4.79 Å². The predicted octanol–water partition coefficient (Wildman–Crippen LogP) is 3.82. The number of benzene rings is 2. The van der Waals surface area contributed by atoms with Gasteiger partial charge in [-0.05, 0) is 23.8 Å². The van der Waals surface area contributed by atoms with Crippen LogP contribution in [0.1, 0.15) is 22.0 Å². The highest BCUT2D eigenvalue weighted by atomic mass is 16.3. The average molecular weight is 263 g/mol. The Morgan fingerprint density at radius 1 is 1.10 bits per heavy atom. The van der Waals surface area contributed by atoms with E-state index in [-0.39, 0.29) is 11.7 Å². The van der Waals surface area contributed by atoms with Gasteiger partial charge in [-0.25, -0.2) is 0 Å². The van der Waals surface area contributed by atoms with Gasteiger partial charge in [-0.2, -0.15) is 0 Å². The van der Waals surface area contributed by atoms with Crippen LogP contribution in [0.4, 0.5) is 5.69 Å². The number of para-hydroxylation sites is 2. The molecular formula is C17H13NO2. The van der Waals surface area contributed by atoms with Crippen LogP contribution in [0.5, 0.6) is 0 Å². The molecule has 3 aromatic rings. The SMILES string of the molecule is O=C(c1cc2ccccc2o1)C1CNc2ccccc21. The van der Waals surface area contributed by atoms with E-state index in [2.05, 4.69) is 5.32 Å². The van der Waals surface area contributed by atoms with Crippen molar-refractivity contribution in [2.75, 3.05) is 11.9 Å². The number of hydrogen-bond donors (Lipinski definition) is 1. The zero-order valence-corrected chi connectivity index (χ0v) is 10.8. The summed E-state index contributed by atoms with van der Waals surface area (Å²) in [5.74, 6) is 0.320. The topological polar surface area (TPSA) is 42.2 Å². The Hall–Kier alpha value is -2.55. The van der Waals surface area contributed by atoms with Crippen LogP contribution >= 0.6 is 0 Å². The van der Waals surface area contributed by atoms with Crippen molar-refractivity contribution in [1.29, 1.82) is 0 Å². The van der Waals surface area contributed by atoms with E-state index < -0.39 is 0 Å². The zero-order valence-electron chi connectivity index (χ0n) is 10.8. The van der Waals surface area contributed by atoms with Gasteiger partial charge in [-0.15, -0.1) is 0 Å². The quantitative estimate of drug-likeness (QED) is 0.714. The summed E-state index contributed by atoms with van der Waals surface area (Å²) in [6, 6.07) is 17.5. The minimum Gasteiger partial charge on any atom is -0.453 e. The van der Waals surface area contributed by atoms with Crippen molar-refractivity contribution < 1.29 is 9.21 Å². The van der Waals surface area contributed by atoms with Crippen LogP contribution in [-0.4, -0.2) is 12.3 Å². The molecule has 0 fully saturated rings. The maximum Gasteiger partial charge on any atom is 0.207 e. The van der Waals surface area contributed by atoms with Crippen molar-refractivity contribution in [3.8, 4) is 0 Å². The van der Waals surface area contributed by atoms with E-state index in [0.717, 1.165) is 22.2 Å². The van der Waals surface area contributed by atoms with Gasteiger partial charge in [0.05, 0.1) is 5.92 Å². The number of Topliss-reactive ketones (excluding diaryl/α,β-unsaturated/α-hetero) is 1. The third-order valence-corrected chi connectivity index (χ3v) is 3.82. The first kappa shape index (κ1) is 11.3. The lowest BCUT2D eigenvalue weighted by Crippen LogP contribution is -2.14. The monoisotopic (exact) mass is 263 g/mol. The van der Waals surface area contributed by atoms with Crippen LogP contribution in [-0.2, 0) is 0 Å². The summed E-state index contributed by atoms with van der Waals surface area (Å²) < 4.78 is 5.68. The molecular weight excluding hydrogens is 250 g/mol. The molecule has 1 aliphatic rings. The zero-order chi connectivity index (χ0) is 13.5. The predicted molar refractivity (Wildman–Crippen MR) is 78.2 cm³/mol. The number of hydrogen-bond acceptors (Lipinski definition) is 3. The van der Waals surface area contributed by atoms with Crippen LogP contribution < -0.4 is 5.32 Å². The molecule has 1 N–H and O–H groups in total. The van der Waals surface area contributed by atoms with E-state index in [1.165, 1.54) is 0 Å². The van der Waals surface area contributed by atoms with Gasteiger partial charge in [0.1, 0.15) is 5.58 Å². The molecule has 3 heteroatoms. The number of ketones is 1. The molecule has 98 valence electrons. The number of rotatable bonds is 2. The van der Waals surface area contributed by atoms with E-state index >= 15 is 0 Å². The number of anilines is 1. The van der Waals surface area contributed by atoms with Crippen LogP contribution in [0.15, 0.2) is 59.0 Å². The fraction of sp³-hybridized carbons (Fsp3) is 0.118. The smallest absolute Gasteiger partial charge is 0.207 e. The summed E-state index contributed by atoms with van der Waals surface area (Å²) in [7, 11) is 0. The van der Waals surface area contributed by atoms with Crippen LogP contribution in [0.2, 0.25) is 0 Å². The average Bonchev–Trinajstić information content (AvgIpc) is 3.10. The number of carbonyl (C=O) groups excluding carboxylic acids is 1. The summed E-state index contributed by atoms with van der Waals surface area (Å²) in [6.45, 7) is 0.634. The Kier molecular flexibility index (Phi) is 2.39. The molecule has 3 nitrogen and oxygen atoms in total. The summed E-state index contributed by atoms with van der Waals surface area (Å²) in [6.07, 6.45) is 0. The molecule has 0 spiro atoms. The molecule has 1 aliphatic heterocycles. The third kappa shape index (κ3) is 1.63. The number of carbonyl (C=O) groups is 1. The first-order valence-electron chi connectivity index (χ1n) is 6.68. The van der Waals surface area contributed by atoms with Gasteiger partial charge in [0, 0.05) is 17.6 Å². The Morgan fingerprint density at radius 2 is 1.90 bits per heavy atom. The molecule has 2 heterocycles. The van der Waals surface area contributed by atoms with Crippen molar-refractivity contribution in [2.45, 2.75) is 5.92 Å². The van der Waals surface area contributed by atoms with Gasteiger partial charge < -0.3 is 9.73 Å². The van der Waals surface area contributed by atoms with Gasteiger partial charge in [0.25, 0.3) is 0 Å². The van der Waals surface area contributed by atoms with Crippen molar-refractivity contribution in [2.24, 2.45) is 0 Å². The lowest BCUT2D eigenvalue weighted by Gasteiger charge is -2.06. The second-order valence-electron chi connectivity index (χ2n) is 5.03. The molecule has 0 radical (unpaired) electrons. The second kappa shape index (κ2) is 4.23. The van der Waals surface area contributed by atoms with Gasteiger partial charge >= 0.3 is 0 Å². The van der Waals surface area contributed by atoms with Gasteiger partial charge in [0.2, 0.25) is 5.78 Å². The summed E-state index contributed by atoms with van der Waals surface area (Å²) in [4.78, 5) is 12.6. The van der Waals surface area contributed by atoms with E-state index in [1.807, 2.05) is 54.6 Å². The highest BCUT2D eigenvalue weighted by Crippen LogP contribution is 2.34. The molecule has 0 bridgehead atoms. The summed E-state index contributed by atoms with van der Waals surface area (Å²) >= 11 is 0. The Labute approximate surface area is 116 Å². The molecule has 2 aromatic carbocycles. The fourth-order valence-electron chi connectivity index (χ4n) is 2.79. The molecule has 0 saturated heterocycles. The van der Waals surface area contributed by atoms with E-state index in [1.54, 1.807) is 0 Å². The lowest BCUT2D eigenvalue weighted by molar-refractivity contribution is 0.0941. The minimum atomic E-state index is -0.160. The van der Waals surface area contributed by atoms with E-state index in [0.29, 0.717) is 12.3 Å². The molecule has 1 aromatic heterocycles. The highest BCUT2D eigenvalue weighted by molar-refractivity contribution is 6.03. The normalized spacial score (nSPS) is 16.9. The van der Waals surface area contributed by atoms with Crippen molar-refractivity contribution in [1.82, 2.24) is 0 Å².